The van der Waals surface area contributed by atoms with Gasteiger partial charge in [-0.25, -0.2) is 4.79 Å². The normalized spacial score (nSPS) is 31.8. The molecule has 0 amide bonds. The van der Waals surface area contributed by atoms with Crippen molar-refractivity contribution in [1.82, 2.24) is 9.55 Å². The molecule has 1 aliphatic heterocycles. The van der Waals surface area contributed by atoms with Crippen LogP contribution >= 0.6 is 0 Å². The summed E-state index contributed by atoms with van der Waals surface area (Å²) in [5.41, 5.74) is -2.18. The number of aromatic nitrogens is 2. The summed E-state index contributed by atoms with van der Waals surface area (Å²) in [6, 6.07) is 0. The molecule has 9 heteroatoms. The Balaban J connectivity index is 2.42. The van der Waals surface area contributed by atoms with Crippen molar-refractivity contribution in [1.29, 1.82) is 0 Å². The minimum absolute atomic E-state index is 0.571. The van der Waals surface area contributed by atoms with Crippen molar-refractivity contribution in [3.05, 3.63) is 32.9 Å². The zero-order chi connectivity index (χ0) is 13.4. The summed E-state index contributed by atoms with van der Waals surface area (Å²) in [7, 11) is 0. The molecule has 0 radical (unpaired) electrons. The molecule has 0 aromatic carbocycles. The summed E-state index contributed by atoms with van der Waals surface area (Å²) in [6.07, 6.45) is -4.84. The van der Waals surface area contributed by atoms with Crippen molar-refractivity contribution < 1.29 is 24.4 Å². The maximum atomic E-state index is 13.1. The van der Waals surface area contributed by atoms with E-state index in [9.17, 15) is 24.2 Å². The second-order valence-corrected chi connectivity index (χ2v) is 3.87. The van der Waals surface area contributed by atoms with Gasteiger partial charge in [-0.2, -0.15) is 4.39 Å². The van der Waals surface area contributed by atoms with Crippen molar-refractivity contribution in [3.8, 4) is 0 Å². The van der Waals surface area contributed by atoms with E-state index in [4.69, 9.17) is 9.84 Å². The number of aromatic amines is 1. The van der Waals surface area contributed by atoms with Gasteiger partial charge in [0.15, 0.2) is 6.23 Å². The Morgan fingerprint density at radius 2 is 2.06 bits per heavy atom. The van der Waals surface area contributed by atoms with Crippen LogP contribution in [0, 0.1) is 5.82 Å². The van der Waals surface area contributed by atoms with Crippen LogP contribution in [0.25, 0.3) is 0 Å². The van der Waals surface area contributed by atoms with Gasteiger partial charge in [0, 0.05) is 0 Å². The number of halogens is 1. The lowest BCUT2D eigenvalue weighted by atomic mass is 10.1. The molecule has 0 spiro atoms. The van der Waals surface area contributed by atoms with E-state index in [1.165, 1.54) is 0 Å². The van der Waals surface area contributed by atoms with Crippen molar-refractivity contribution in [2.24, 2.45) is 0 Å². The molecule has 1 aromatic heterocycles. The highest BCUT2D eigenvalue weighted by Gasteiger charge is 2.43. The molecule has 0 saturated carbocycles. The van der Waals surface area contributed by atoms with Crippen LogP contribution in [0.15, 0.2) is 15.8 Å². The molecule has 0 unspecified atom stereocenters. The van der Waals surface area contributed by atoms with Crippen molar-refractivity contribution in [2.75, 3.05) is 6.61 Å². The van der Waals surface area contributed by atoms with E-state index >= 15 is 0 Å². The lowest BCUT2D eigenvalue weighted by Gasteiger charge is -2.16. The summed E-state index contributed by atoms with van der Waals surface area (Å²) < 4.78 is 18.7. The smallest absolute Gasteiger partial charge is 0.330 e. The van der Waals surface area contributed by atoms with Crippen LogP contribution in [0.1, 0.15) is 6.23 Å². The highest BCUT2D eigenvalue weighted by Crippen LogP contribution is 2.27. The number of hydrogen-bond donors (Lipinski definition) is 4. The molecule has 4 atom stereocenters. The number of aliphatic hydroxyl groups excluding tert-OH is 3. The van der Waals surface area contributed by atoms with E-state index in [-0.39, 0.29) is 0 Å². The fraction of sp³-hybridized carbons (Fsp3) is 0.556. The molecule has 4 N–H and O–H groups in total. The fourth-order valence-corrected chi connectivity index (χ4v) is 1.76. The quantitative estimate of drug-likeness (QED) is 0.460. The lowest BCUT2D eigenvalue weighted by Crippen LogP contribution is -2.38. The van der Waals surface area contributed by atoms with Gasteiger partial charge in [-0.15, -0.1) is 0 Å². The van der Waals surface area contributed by atoms with Crippen LogP contribution in [0.2, 0.25) is 0 Å². The lowest BCUT2D eigenvalue weighted by molar-refractivity contribution is -0.0554. The maximum Gasteiger partial charge on any atom is 0.330 e. The predicted molar refractivity (Wildman–Crippen MR) is 54.3 cm³/mol. The van der Waals surface area contributed by atoms with Gasteiger partial charge < -0.3 is 20.1 Å². The first-order chi connectivity index (χ1) is 8.45. The summed E-state index contributed by atoms with van der Waals surface area (Å²) in [5, 5.41) is 28.0. The summed E-state index contributed by atoms with van der Waals surface area (Å²) >= 11 is 0. The van der Waals surface area contributed by atoms with E-state index in [1.54, 1.807) is 4.98 Å². The molecule has 1 aliphatic rings. The van der Waals surface area contributed by atoms with Gasteiger partial charge in [-0.05, 0) is 0 Å². The number of H-pyrrole nitrogens is 1. The zero-order valence-corrected chi connectivity index (χ0v) is 8.99. The third kappa shape index (κ3) is 1.97. The number of ether oxygens (including phenoxy) is 1. The Labute approximate surface area is 98.9 Å². The van der Waals surface area contributed by atoms with Crippen molar-refractivity contribution in [3.63, 3.8) is 0 Å². The Morgan fingerprint density at radius 1 is 1.39 bits per heavy atom. The van der Waals surface area contributed by atoms with Crippen LogP contribution in [0.5, 0.6) is 0 Å². The molecular weight excluding hydrogens is 254 g/mol. The SMILES string of the molecule is O=c1[15nH][13c](=O)[15n]([C@@H]2O[C@H](CO)[C@@H](O)[C@H]2O)cc1F. The first-order valence-electron chi connectivity index (χ1n) is 5.09. The summed E-state index contributed by atoms with van der Waals surface area (Å²) in [5.74, 6) is -1.23. The molecule has 18 heavy (non-hydrogen) atoms. The van der Waals surface area contributed by atoms with Gasteiger partial charge in [-0.3, -0.25) is 14.3 Å². The third-order valence-electron chi connectivity index (χ3n) is 2.72. The van der Waals surface area contributed by atoms with Gasteiger partial charge in [0.2, 0.25) is 5.82 Å². The molecule has 1 fully saturated rings. The Hall–Kier alpha value is -1.55. The van der Waals surface area contributed by atoms with E-state index in [1.807, 2.05) is 0 Å². The minimum Gasteiger partial charge on any atom is -0.394 e. The van der Waals surface area contributed by atoms with Crippen LogP contribution in [0.3, 0.4) is 0 Å². The highest BCUT2D eigenvalue weighted by molar-refractivity contribution is 4.94. The number of hydrogen-bond acceptors (Lipinski definition) is 6. The zero-order valence-electron chi connectivity index (χ0n) is 8.99. The van der Waals surface area contributed by atoms with Crippen LogP contribution < -0.4 is 11.2 Å². The summed E-state index contributed by atoms with van der Waals surface area (Å²) in [4.78, 5) is 24.0. The van der Waals surface area contributed by atoms with Crippen LogP contribution in [-0.4, -0.2) is 49.8 Å². The maximum absolute atomic E-state index is 13.1. The van der Waals surface area contributed by atoms with E-state index < -0.39 is 48.2 Å². The number of rotatable bonds is 2. The predicted octanol–water partition coefficient (Wildman–Crippen LogP) is -2.71. The van der Waals surface area contributed by atoms with Gasteiger partial charge >= 0.3 is 5.69 Å². The standard InChI is InChI=1S/C9H11FN2O6/c10-3-1-12(9(17)11-7(3)16)8-6(15)5(14)4(2-13)18-8/h1,4-6,8,13-15H,2H2,(H,11,16,17)/t4-,5-,6-,8-/m1/s1/i9+1,11+1,12+1. The first-order valence-corrected chi connectivity index (χ1v) is 5.09. The molecular formula is C9H11FN2O6. The number of nitrogens with one attached hydrogen (secondary N) is 1. The van der Waals surface area contributed by atoms with Gasteiger partial charge in [0.25, 0.3) is 5.56 Å². The van der Waals surface area contributed by atoms with E-state index in [0.717, 1.165) is 0 Å². The topological polar surface area (TPSA) is 125 Å². The van der Waals surface area contributed by atoms with Crippen LogP contribution in [0.4, 0.5) is 4.39 Å². The average molecular weight is 265 g/mol. The fourth-order valence-electron chi connectivity index (χ4n) is 1.76. The second-order valence-electron chi connectivity index (χ2n) is 3.87. The molecule has 2 rings (SSSR count). The molecule has 0 bridgehead atoms. The third-order valence-corrected chi connectivity index (χ3v) is 2.72. The second kappa shape index (κ2) is 4.61. The number of aliphatic hydroxyl groups is 3. The summed E-state index contributed by atoms with van der Waals surface area (Å²) in [6.45, 7) is -0.574. The molecule has 100 valence electrons. The van der Waals surface area contributed by atoms with Gasteiger partial charge in [0.05, 0.1) is 12.8 Å². The Kier molecular flexibility index (Phi) is 3.30. The Morgan fingerprint density at radius 3 is 2.61 bits per heavy atom. The minimum atomic E-state index is -1.52. The average Bonchev–Trinajstić information content (AvgIpc) is 2.61. The van der Waals surface area contributed by atoms with Crippen LogP contribution in [-0.2, 0) is 4.74 Å². The Bertz CT molecular complexity index is 555. The van der Waals surface area contributed by atoms with E-state index in [0.29, 0.717) is 10.8 Å². The van der Waals surface area contributed by atoms with E-state index in [2.05, 4.69) is 0 Å². The molecule has 8 nitrogen and oxygen atoms in total. The number of nitrogens with zero attached hydrogens (tertiary/aromatic N) is 1. The van der Waals surface area contributed by atoms with Crippen molar-refractivity contribution >= 4 is 0 Å². The molecule has 1 saturated heterocycles. The molecule has 2 heterocycles. The molecule has 0 aliphatic carbocycles. The van der Waals surface area contributed by atoms with Gasteiger partial charge in [-0.1, -0.05) is 0 Å². The highest BCUT2D eigenvalue weighted by atomic mass is 19.1. The first kappa shape index (κ1) is 12.9. The monoisotopic (exact) mass is 265 g/mol. The molecule has 1 aromatic rings. The van der Waals surface area contributed by atoms with Gasteiger partial charge in [0.1, 0.15) is 18.3 Å². The van der Waals surface area contributed by atoms with Crippen molar-refractivity contribution in [2.45, 2.75) is 24.5 Å². The largest absolute Gasteiger partial charge is 0.394 e.